The van der Waals surface area contributed by atoms with Gasteiger partial charge in [0.1, 0.15) is 5.69 Å². The number of benzene rings is 1. The van der Waals surface area contributed by atoms with Crippen LogP contribution in [0.5, 0.6) is 0 Å². The van der Waals surface area contributed by atoms with Crippen LogP contribution in [-0.2, 0) is 12.8 Å². The molecule has 2 aromatic rings. The smallest absolute Gasteiger partial charge is 0.274 e. The summed E-state index contributed by atoms with van der Waals surface area (Å²) in [6.07, 6.45) is 8.23. The number of carbonyl (C=O) groups is 1. The van der Waals surface area contributed by atoms with Crippen LogP contribution < -0.4 is 0 Å². The highest BCUT2D eigenvalue weighted by Crippen LogP contribution is 2.25. The molecule has 1 aromatic heterocycles. The van der Waals surface area contributed by atoms with Gasteiger partial charge in [-0.1, -0.05) is 24.3 Å². The summed E-state index contributed by atoms with van der Waals surface area (Å²) < 4.78 is 0. The molecule has 0 N–H and O–H groups in total. The molecule has 2 aliphatic rings. The molecule has 1 aromatic carbocycles. The van der Waals surface area contributed by atoms with Crippen LogP contribution in [0.4, 0.5) is 0 Å². The standard InChI is InChI=1S/C19H22N4O/c24-19(18-14-20-7-8-21-18)23-11-9-22(10-12-23)17-6-5-15-3-1-2-4-16(15)13-17/h1-4,7-8,14,17H,5-6,9-13H2. The highest BCUT2D eigenvalue weighted by atomic mass is 16.2. The molecule has 1 unspecified atom stereocenters. The Balaban J connectivity index is 1.36. The summed E-state index contributed by atoms with van der Waals surface area (Å²) in [6.45, 7) is 3.43. The van der Waals surface area contributed by atoms with Gasteiger partial charge in [0, 0.05) is 44.6 Å². The van der Waals surface area contributed by atoms with E-state index in [1.165, 1.54) is 24.0 Å². The molecule has 1 amide bonds. The fourth-order valence-electron chi connectivity index (χ4n) is 3.85. The van der Waals surface area contributed by atoms with Crippen molar-refractivity contribution in [1.29, 1.82) is 0 Å². The molecule has 0 saturated carbocycles. The van der Waals surface area contributed by atoms with Crippen LogP contribution in [0.2, 0.25) is 0 Å². The first kappa shape index (κ1) is 15.3. The summed E-state index contributed by atoms with van der Waals surface area (Å²) in [5.41, 5.74) is 3.44. The highest BCUT2D eigenvalue weighted by Gasteiger charge is 2.29. The van der Waals surface area contributed by atoms with Gasteiger partial charge in [-0.3, -0.25) is 14.7 Å². The normalized spacial score (nSPS) is 21.3. The highest BCUT2D eigenvalue weighted by molar-refractivity contribution is 5.92. The predicted molar refractivity (Wildman–Crippen MR) is 91.8 cm³/mol. The van der Waals surface area contributed by atoms with Crippen molar-refractivity contribution in [3.05, 3.63) is 59.7 Å². The van der Waals surface area contributed by atoms with E-state index in [2.05, 4.69) is 39.1 Å². The quantitative estimate of drug-likeness (QED) is 0.846. The Morgan fingerprint density at radius 1 is 1.04 bits per heavy atom. The van der Waals surface area contributed by atoms with Crippen molar-refractivity contribution in [2.45, 2.75) is 25.3 Å². The maximum absolute atomic E-state index is 12.5. The van der Waals surface area contributed by atoms with E-state index in [0.29, 0.717) is 11.7 Å². The number of hydrogen-bond donors (Lipinski definition) is 0. The Kier molecular flexibility index (Phi) is 4.26. The van der Waals surface area contributed by atoms with E-state index in [-0.39, 0.29) is 5.91 Å². The van der Waals surface area contributed by atoms with Crippen LogP contribution in [0.25, 0.3) is 0 Å². The van der Waals surface area contributed by atoms with Gasteiger partial charge in [0.15, 0.2) is 0 Å². The minimum atomic E-state index is -0.00302. The van der Waals surface area contributed by atoms with Crippen LogP contribution in [0.3, 0.4) is 0 Å². The third-order valence-corrected chi connectivity index (χ3v) is 5.22. The second-order valence-electron chi connectivity index (χ2n) is 6.58. The van der Waals surface area contributed by atoms with E-state index in [4.69, 9.17) is 0 Å². The Morgan fingerprint density at radius 2 is 1.83 bits per heavy atom. The molecule has 1 aliphatic carbocycles. The molecule has 1 fully saturated rings. The van der Waals surface area contributed by atoms with Crippen LogP contribution in [-0.4, -0.2) is 57.9 Å². The molecule has 24 heavy (non-hydrogen) atoms. The SMILES string of the molecule is O=C(c1cnccn1)N1CCN(C2CCc3ccccc3C2)CC1. The second kappa shape index (κ2) is 6.69. The molecule has 0 bridgehead atoms. The molecule has 0 spiro atoms. The van der Waals surface area contributed by atoms with Crippen LogP contribution in [0, 0.1) is 0 Å². The first-order valence-electron chi connectivity index (χ1n) is 8.67. The van der Waals surface area contributed by atoms with Crippen molar-refractivity contribution in [3.8, 4) is 0 Å². The number of nitrogens with zero attached hydrogens (tertiary/aromatic N) is 4. The maximum Gasteiger partial charge on any atom is 0.274 e. The fraction of sp³-hybridized carbons (Fsp3) is 0.421. The molecular formula is C19H22N4O. The summed E-state index contributed by atoms with van der Waals surface area (Å²) >= 11 is 0. The van der Waals surface area contributed by atoms with Gasteiger partial charge in [0.25, 0.3) is 5.91 Å². The van der Waals surface area contributed by atoms with E-state index in [0.717, 1.165) is 32.6 Å². The number of rotatable bonds is 2. The largest absolute Gasteiger partial charge is 0.335 e. The minimum absolute atomic E-state index is 0.00302. The summed E-state index contributed by atoms with van der Waals surface area (Å²) in [4.78, 5) is 25.0. The summed E-state index contributed by atoms with van der Waals surface area (Å²) in [5.74, 6) is -0.00302. The summed E-state index contributed by atoms with van der Waals surface area (Å²) in [7, 11) is 0. The monoisotopic (exact) mass is 322 g/mol. The summed E-state index contributed by atoms with van der Waals surface area (Å²) in [5, 5.41) is 0. The number of aryl methyl sites for hydroxylation is 1. The van der Waals surface area contributed by atoms with Gasteiger partial charge in [-0.05, 0) is 30.4 Å². The third-order valence-electron chi connectivity index (χ3n) is 5.22. The lowest BCUT2D eigenvalue weighted by Gasteiger charge is -2.41. The van der Waals surface area contributed by atoms with Gasteiger partial charge in [-0.15, -0.1) is 0 Å². The van der Waals surface area contributed by atoms with Crippen molar-refractivity contribution in [2.24, 2.45) is 0 Å². The van der Waals surface area contributed by atoms with Gasteiger partial charge in [0.05, 0.1) is 6.20 Å². The molecule has 0 radical (unpaired) electrons. The Labute approximate surface area is 142 Å². The Bertz CT molecular complexity index is 710. The lowest BCUT2D eigenvalue weighted by molar-refractivity contribution is 0.0547. The fourth-order valence-corrected chi connectivity index (χ4v) is 3.85. The Hall–Kier alpha value is -2.27. The molecule has 5 nitrogen and oxygen atoms in total. The minimum Gasteiger partial charge on any atom is -0.335 e. The molecule has 1 saturated heterocycles. The zero-order valence-corrected chi connectivity index (χ0v) is 13.8. The molecule has 4 rings (SSSR count). The first-order valence-corrected chi connectivity index (χ1v) is 8.67. The number of piperazine rings is 1. The average molecular weight is 322 g/mol. The maximum atomic E-state index is 12.5. The molecular weight excluding hydrogens is 300 g/mol. The van der Waals surface area contributed by atoms with E-state index in [9.17, 15) is 4.79 Å². The van der Waals surface area contributed by atoms with Gasteiger partial charge < -0.3 is 4.90 Å². The molecule has 5 heteroatoms. The van der Waals surface area contributed by atoms with E-state index < -0.39 is 0 Å². The lowest BCUT2D eigenvalue weighted by Crippen LogP contribution is -2.53. The van der Waals surface area contributed by atoms with Crippen molar-refractivity contribution in [1.82, 2.24) is 19.8 Å². The second-order valence-corrected chi connectivity index (χ2v) is 6.58. The van der Waals surface area contributed by atoms with E-state index >= 15 is 0 Å². The molecule has 124 valence electrons. The zero-order valence-electron chi connectivity index (χ0n) is 13.8. The topological polar surface area (TPSA) is 49.3 Å². The van der Waals surface area contributed by atoms with Crippen molar-refractivity contribution < 1.29 is 4.79 Å². The third kappa shape index (κ3) is 3.04. The number of carbonyl (C=O) groups excluding carboxylic acids is 1. The van der Waals surface area contributed by atoms with Crippen molar-refractivity contribution >= 4 is 5.91 Å². The molecule has 2 heterocycles. The number of amides is 1. The van der Waals surface area contributed by atoms with Gasteiger partial charge in [-0.25, -0.2) is 4.98 Å². The first-order chi connectivity index (χ1) is 11.8. The van der Waals surface area contributed by atoms with Crippen molar-refractivity contribution in [2.75, 3.05) is 26.2 Å². The Morgan fingerprint density at radius 3 is 2.58 bits per heavy atom. The van der Waals surface area contributed by atoms with Crippen molar-refractivity contribution in [3.63, 3.8) is 0 Å². The zero-order chi connectivity index (χ0) is 16.4. The predicted octanol–water partition coefficient (Wildman–Crippen LogP) is 1.79. The van der Waals surface area contributed by atoms with Gasteiger partial charge in [0.2, 0.25) is 0 Å². The van der Waals surface area contributed by atoms with Gasteiger partial charge >= 0.3 is 0 Å². The van der Waals surface area contributed by atoms with Crippen LogP contribution >= 0.6 is 0 Å². The van der Waals surface area contributed by atoms with E-state index in [1.54, 1.807) is 18.6 Å². The number of fused-ring (bicyclic) bond motifs is 1. The molecule has 1 atom stereocenters. The number of hydrogen-bond acceptors (Lipinski definition) is 4. The average Bonchev–Trinajstić information content (AvgIpc) is 2.68. The van der Waals surface area contributed by atoms with E-state index in [1.807, 2.05) is 4.90 Å². The lowest BCUT2D eigenvalue weighted by atomic mass is 9.87. The van der Waals surface area contributed by atoms with Gasteiger partial charge in [-0.2, -0.15) is 0 Å². The van der Waals surface area contributed by atoms with Crippen LogP contribution in [0.1, 0.15) is 28.0 Å². The molecule has 1 aliphatic heterocycles. The van der Waals surface area contributed by atoms with Crippen LogP contribution in [0.15, 0.2) is 42.9 Å². The summed E-state index contributed by atoms with van der Waals surface area (Å²) in [6, 6.07) is 9.39. The number of aromatic nitrogens is 2.